The van der Waals surface area contributed by atoms with Gasteiger partial charge >= 0.3 is 12.2 Å². The number of anilines is 2. The van der Waals surface area contributed by atoms with Crippen molar-refractivity contribution in [2.24, 2.45) is 0 Å². The summed E-state index contributed by atoms with van der Waals surface area (Å²) >= 11 is 5.96. The molecule has 2 aromatic heterocycles. The number of rotatable bonds is 4. The minimum absolute atomic E-state index is 0.0234. The molecule has 0 bridgehead atoms. The molecule has 12 nitrogen and oxygen atoms in total. The molecular weight excluding hydrogens is 689 g/mol. The molecule has 2 N–H and O–H groups in total. The molecule has 270 valence electrons. The number of nitrogens with zero attached hydrogens (tertiary/aromatic N) is 8. The van der Waals surface area contributed by atoms with Gasteiger partial charge in [-0.1, -0.05) is 11.6 Å². The highest BCUT2D eigenvalue weighted by Gasteiger charge is 2.40. The molecule has 2 unspecified atom stereocenters. The zero-order chi connectivity index (χ0) is 35.9. The van der Waals surface area contributed by atoms with Crippen molar-refractivity contribution in [3.05, 3.63) is 62.8 Å². The number of benzene rings is 1. The standard InChI is InChI=1S/C24H26ClF3N8O3.C8H11F2N/c1-34(2)22(37)20-31-18-10-35(5-4-6-36(18)33-20)21-14-11-39-17(9-16(14)30-23(32-21)38-3)13-7-12(29)8-15(25)19(13)24(26,27)28;9-8(10)6-4-7-2-1-3-11(7)5-6/h7-8,17H,4-6,9-11,29H2,1-3H3;7H,1-5H2. The number of carbonyl (C=O) groups excluding carboxylic acids is 1. The summed E-state index contributed by atoms with van der Waals surface area (Å²) in [6.07, 6.45) is -3.52. The summed E-state index contributed by atoms with van der Waals surface area (Å²) < 4.78 is 78.9. The number of alkyl halides is 3. The summed E-state index contributed by atoms with van der Waals surface area (Å²) in [5.41, 5.74) is 6.29. The summed E-state index contributed by atoms with van der Waals surface area (Å²) in [7, 11) is 4.67. The maximum atomic E-state index is 13.9. The van der Waals surface area contributed by atoms with Gasteiger partial charge in [-0.3, -0.25) is 9.69 Å². The number of aromatic nitrogens is 5. The minimum Gasteiger partial charge on any atom is -0.467 e. The number of hydrogen-bond acceptors (Lipinski definition) is 10. The van der Waals surface area contributed by atoms with E-state index in [9.17, 15) is 26.7 Å². The second-order valence-corrected chi connectivity index (χ2v) is 13.2. The number of methoxy groups -OCH3 is 1. The van der Waals surface area contributed by atoms with E-state index in [4.69, 9.17) is 26.8 Å². The predicted octanol–water partition coefficient (Wildman–Crippen LogP) is 5.26. The summed E-state index contributed by atoms with van der Waals surface area (Å²) in [6.45, 7) is 2.93. The molecule has 2 fully saturated rings. The first kappa shape index (κ1) is 35.7. The predicted molar refractivity (Wildman–Crippen MR) is 173 cm³/mol. The summed E-state index contributed by atoms with van der Waals surface area (Å²) in [5.74, 6) is 0.908. The number of nitrogens with two attached hydrogens (primary N) is 1. The van der Waals surface area contributed by atoms with E-state index in [0.717, 1.165) is 19.0 Å². The van der Waals surface area contributed by atoms with Gasteiger partial charge in [0.1, 0.15) is 11.6 Å². The van der Waals surface area contributed by atoms with Crippen molar-refractivity contribution >= 4 is 29.0 Å². The number of halogens is 6. The molecule has 0 aliphatic carbocycles. The number of nitrogen functional groups attached to an aromatic ring is 1. The van der Waals surface area contributed by atoms with Gasteiger partial charge in [0.2, 0.25) is 5.82 Å². The Kier molecular flexibility index (Phi) is 10.2. The van der Waals surface area contributed by atoms with Crippen LogP contribution in [0.3, 0.4) is 0 Å². The quantitative estimate of drug-likeness (QED) is 0.281. The lowest BCUT2D eigenvalue weighted by Gasteiger charge is -2.31. The van der Waals surface area contributed by atoms with Crippen LogP contribution in [-0.4, -0.2) is 87.3 Å². The summed E-state index contributed by atoms with van der Waals surface area (Å²) in [6, 6.07) is 2.81. The normalized spacial score (nSPS) is 20.3. The van der Waals surface area contributed by atoms with Crippen molar-refractivity contribution < 1.29 is 36.2 Å². The number of aryl methyl sites for hydroxylation is 1. The molecule has 4 aliphatic heterocycles. The molecule has 0 saturated carbocycles. The van der Waals surface area contributed by atoms with E-state index in [1.807, 2.05) is 4.90 Å². The largest absolute Gasteiger partial charge is 0.467 e. The third-order valence-electron chi connectivity index (χ3n) is 9.23. The van der Waals surface area contributed by atoms with E-state index < -0.39 is 28.9 Å². The van der Waals surface area contributed by atoms with Crippen molar-refractivity contribution in [3.8, 4) is 6.01 Å². The van der Waals surface area contributed by atoms with Gasteiger partial charge in [-0.2, -0.15) is 31.9 Å². The Morgan fingerprint density at radius 3 is 2.54 bits per heavy atom. The molecule has 2 saturated heterocycles. The molecule has 7 rings (SSSR count). The Hall–Kier alpha value is -4.09. The van der Waals surface area contributed by atoms with Crippen molar-refractivity contribution in [1.82, 2.24) is 34.5 Å². The van der Waals surface area contributed by atoms with E-state index in [0.29, 0.717) is 73.5 Å². The molecule has 2 atom stereocenters. The minimum atomic E-state index is -4.70. The van der Waals surface area contributed by atoms with Gasteiger partial charge < -0.3 is 25.0 Å². The topological polar surface area (TPSA) is 128 Å². The highest BCUT2D eigenvalue weighted by atomic mass is 35.5. The summed E-state index contributed by atoms with van der Waals surface area (Å²) in [5, 5.41) is 3.87. The number of ether oxygens (including phenoxy) is 2. The Bertz CT molecular complexity index is 1780. The fraction of sp³-hybridized carbons (Fsp3) is 0.531. The molecule has 50 heavy (non-hydrogen) atoms. The second-order valence-electron chi connectivity index (χ2n) is 12.8. The van der Waals surface area contributed by atoms with Crippen LogP contribution in [0.5, 0.6) is 6.01 Å². The molecule has 0 spiro atoms. The molecule has 18 heteroatoms. The zero-order valence-corrected chi connectivity index (χ0v) is 28.5. The van der Waals surface area contributed by atoms with Crippen LogP contribution in [0, 0.1) is 0 Å². The number of amides is 1. The first-order valence-electron chi connectivity index (χ1n) is 16.1. The van der Waals surface area contributed by atoms with Crippen LogP contribution in [0.4, 0.5) is 33.5 Å². The van der Waals surface area contributed by atoms with Crippen LogP contribution in [0.1, 0.15) is 70.6 Å². The lowest BCUT2D eigenvalue weighted by Crippen LogP contribution is -2.29. The fourth-order valence-electron chi connectivity index (χ4n) is 6.85. The fourth-order valence-corrected chi connectivity index (χ4v) is 7.20. The third-order valence-corrected chi connectivity index (χ3v) is 9.53. The average Bonchev–Trinajstić information content (AvgIpc) is 3.75. The van der Waals surface area contributed by atoms with E-state index in [-0.39, 0.29) is 42.0 Å². The molecule has 6 heterocycles. The number of fused-ring (bicyclic) bond motifs is 3. The van der Waals surface area contributed by atoms with Crippen molar-refractivity contribution in [1.29, 1.82) is 0 Å². The molecule has 3 aromatic rings. The monoisotopic (exact) mass is 725 g/mol. The van der Waals surface area contributed by atoms with E-state index in [1.54, 1.807) is 18.8 Å². The van der Waals surface area contributed by atoms with Crippen molar-refractivity contribution in [3.63, 3.8) is 0 Å². The third kappa shape index (κ3) is 7.35. The maximum absolute atomic E-state index is 13.9. The first-order chi connectivity index (χ1) is 23.7. The van der Waals surface area contributed by atoms with Crippen molar-refractivity contribution in [2.45, 2.75) is 70.1 Å². The summed E-state index contributed by atoms with van der Waals surface area (Å²) in [4.78, 5) is 31.4. The smallest absolute Gasteiger partial charge is 0.418 e. The highest BCUT2D eigenvalue weighted by molar-refractivity contribution is 6.31. The van der Waals surface area contributed by atoms with E-state index in [1.165, 1.54) is 24.5 Å². The Morgan fingerprint density at radius 2 is 1.86 bits per heavy atom. The SMILES string of the molecule is COc1nc2c(c(N3CCCn4nc(C(=O)N(C)C)nc4C3)n1)COC(c1cc(N)cc(Cl)c1C(F)(F)F)C2.FC(F)=C1CC2CCCN2C1. The molecule has 0 radical (unpaired) electrons. The van der Waals surface area contributed by atoms with Crippen LogP contribution in [0.25, 0.3) is 0 Å². The molecule has 4 aliphatic rings. The van der Waals surface area contributed by atoms with Crippen LogP contribution in [0.2, 0.25) is 5.02 Å². The van der Waals surface area contributed by atoms with Gasteiger partial charge in [-0.15, -0.1) is 5.10 Å². The van der Waals surface area contributed by atoms with Crippen LogP contribution < -0.4 is 15.4 Å². The Labute approximate surface area is 290 Å². The average molecular weight is 726 g/mol. The van der Waals surface area contributed by atoms with E-state index >= 15 is 0 Å². The zero-order valence-electron chi connectivity index (χ0n) is 27.7. The lowest BCUT2D eigenvalue weighted by atomic mass is 9.94. The van der Waals surface area contributed by atoms with Gasteiger partial charge in [0.15, 0.2) is 0 Å². The van der Waals surface area contributed by atoms with Gasteiger partial charge in [0, 0.05) is 63.0 Å². The Morgan fingerprint density at radius 1 is 1.08 bits per heavy atom. The second kappa shape index (κ2) is 14.3. The Balaban J connectivity index is 0.000000331. The van der Waals surface area contributed by atoms with E-state index in [2.05, 4.69) is 25.0 Å². The maximum Gasteiger partial charge on any atom is 0.418 e. The first-order valence-corrected chi connectivity index (χ1v) is 16.5. The number of hydrogen-bond donors (Lipinski definition) is 1. The van der Waals surface area contributed by atoms with Gasteiger partial charge in [0.25, 0.3) is 12.0 Å². The van der Waals surface area contributed by atoms with Gasteiger partial charge in [-0.25, -0.2) is 9.67 Å². The highest BCUT2D eigenvalue weighted by Crippen LogP contribution is 2.44. The molecule has 1 amide bonds. The molecule has 1 aromatic carbocycles. The number of carbonyl (C=O) groups is 1. The van der Waals surface area contributed by atoms with Crippen LogP contribution in [-0.2, 0) is 37.0 Å². The van der Waals surface area contributed by atoms with Crippen molar-refractivity contribution in [2.75, 3.05) is 51.5 Å². The van der Waals surface area contributed by atoms with Crippen LogP contribution in [0.15, 0.2) is 23.8 Å². The lowest BCUT2D eigenvalue weighted by molar-refractivity contribution is -0.139. The van der Waals surface area contributed by atoms with Gasteiger partial charge in [-0.05, 0) is 49.9 Å². The van der Waals surface area contributed by atoms with Crippen LogP contribution >= 0.6 is 11.6 Å². The van der Waals surface area contributed by atoms with Gasteiger partial charge in [0.05, 0.1) is 42.6 Å². The molecular formula is C32H37ClF5N9O3.